The summed E-state index contributed by atoms with van der Waals surface area (Å²) in [5, 5.41) is 5.78. The van der Waals surface area contributed by atoms with Gasteiger partial charge in [0.05, 0.1) is 6.04 Å². The number of carbonyl (C=O) groups excluding carboxylic acids is 2. The van der Waals surface area contributed by atoms with E-state index in [9.17, 15) is 9.59 Å². The van der Waals surface area contributed by atoms with Crippen molar-refractivity contribution < 1.29 is 14.3 Å². The number of fused-ring (bicyclic) bond motifs is 1. The lowest BCUT2D eigenvalue weighted by molar-refractivity contribution is -0.122. The number of amides is 2. The largest absolute Gasteiger partial charge is 0.491 e. The van der Waals surface area contributed by atoms with E-state index in [4.69, 9.17) is 10.5 Å². The van der Waals surface area contributed by atoms with Crippen LogP contribution in [0.3, 0.4) is 0 Å². The molecule has 0 fully saturated rings. The monoisotopic (exact) mass is 402 g/mol. The number of ether oxygens (including phenoxy) is 1. The molecular formula is C23H22N4O3. The predicted octanol–water partition coefficient (Wildman–Crippen LogP) is 2.97. The highest BCUT2D eigenvalue weighted by Crippen LogP contribution is 2.31. The minimum atomic E-state index is -0.472. The molecule has 2 heterocycles. The van der Waals surface area contributed by atoms with Gasteiger partial charge in [0, 0.05) is 41.7 Å². The highest BCUT2D eigenvalue weighted by Gasteiger charge is 2.25. The van der Waals surface area contributed by atoms with Crippen molar-refractivity contribution in [2.45, 2.75) is 18.5 Å². The third-order valence-corrected chi connectivity index (χ3v) is 4.98. The number of hydrogen-bond acceptors (Lipinski definition) is 5. The van der Waals surface area contributed by atoms with E-state index in [2.05, 4.69) is 15.6 Å². The molecule has 1 unspecified atom stereocenters. The Bertz CT molecular complexity index is 1040. The van der Waals surface area contributed by atoms with Gasteiger partial charge in [0.1, 0.15) is 12.4 Å². The van der Waals surface area contributed by atoms with Crippen molar-refractivity contribution in [3.8, 4) is 5.75 Å². The summed E-state index contributed by atoms with van der Waals surface area (Å²) in [7, 11) is 0. The van der Waals surface area contributed by atoms with Crippen LogP contribution in [-0.2, 0) is 4.79 Å². The van der Waals surface area contributed by atoms with Crippen molar-refractivity contribution in [3.63, 3.8) is 0 Å². The van der Waals surface area contributed by atoms with Crippen molar-refractivity contribution in [3.05, 3.63) is 89.7 Å². The van der Waals surface area contributed by atoms with E-state index >= 15 is 0 Å². The van der Waals surface area contributed by atoms with Gasteiger partial charge in [-0.3, -0.25) is 14.6 Å². The molecule has 0 aliphatic carbocycles. The molecule has 1 aromatic heterocycles. The van der Waals surface area contributed by atoms with E-state index in [1.807, 2.05) is 24.3 Å². The molecule has 1 aliphatic rings. The summed E-state index contributed by atoms with van der Waals surface area (Å²) in [6.45, 7) is 0.418. The Morgan fingerprint density at radius 2 is 1.80 bits per heavy atom. The van der Waals surface area contributed by atoms with Crippen molar-refractivity contribution in [1.82, 2.24) is 10.3 Å². The molecule has 2 aromatic carbocycles. The maximum Gasteiger partial charge on any atom is 0.255 e. The van der Waals surface area contributed by atoms with Gasteiger partial charge in [-0.25, -0.2) is 0 Å². The lowest BCUT2D eigenvalue weighted by atomic mass is 10.0. The number of rotatable bonds is 6. The Morgan fingerprint density at radius 3 is 2.57 bits per heavy atom. The van der Waals surface area contributed by atoms with Crippen LogP contribution in [0.1, 0.15) is 40.0 Å². The summed E-state index contributed by atoms with van der Waals surface area (Å²) < 4.78 is 5.59. The first-order valence-corrected chi connectivity index (χ1v) is 9.68. The van der Waals surface area contributed by atoms with E-state index in [0.717, 1.165) is 16.9 Å². The van der Waals surface area contributed by atoms with E-state index in [1.165, 1.54) is 0 Å². The SMILES string of the molecule is N[C@H](CC(=O)NC1COc2ccccc21)c1ccc(C(=O)Nc2ccncc2)cc1. The first kappa shape index (κ1) is 19.6. The lowest BCUT2D eigenvalue weighted by Gasteiger charge is -2.16. The van der Waals surface area contributed by atoms with Crippen LogP contribution in [-0.4, -0.2) is 23.4 Å². The number of hydrogen-bond donors (Lipinski definition) is 3. The summed E-state index contributed by atoms with van der Waals surface area (Å²) in [4.78, 5) is 28.7. The van der Waals surface area contributed by atoms with Gasteiger partial charge in [0.25, 0.3) is 5.91 Å². The predicted molar refractivity (Wildman–Crippen MR) is 113 cm³/mol. The molecule has 4 rings (SSSR count). The molecule has 2 atom stereocenters. The summed E-state index contributed by atoms with van der Waals surface area (Å²) in [6.07, 6.45) is 3.36. The van der Waals surface area contributed by atoms with E-state index in [-0.39, 0.29) is 24.3 Å². The molecule has 7 nitrogen and oxygen atoms in total. The van der Waals surface area contributed by atoms with Crippen molar-refractivity contribution in [2.75, 3.05) is 11.9 Å². The molecule has 0 radical (unpaired) electrons. The molecule has 0 saturated carbocycles. The molecule has 0 saturated heterocycles. The van der Waals surface area contributed by atoms with Crippen molar-refractivity contribution in [2.24, 2.45) is 5.73 Å². The molecule has 4 N–H and O–H groups in total. The zero-order valence-electron chi connectivity index (χ0n) is 16.2. The van der Waals surface area contributed by atoms with E-state index in [0.29, 0.717) is 17.9 Å². The Morgan fingerprint density at radius 1 is 1.07 bits per heavy atom. The average molecular weight is 402 g/mol. The number of carbonyl (C=O) groups is 2. The van der Waals surface area contributed by atoms with Crippen LogP contribution in [0.2, 0.25) is 0 Å². The molecule has 0 spiro atoms. The topological polar surface area (TPSA) is 106 Å². The molecule has 2 amide bonds. The maximum absolute atomic E-state index is 12.5. The number of para-hydroxylation sites is 1. The van der Waals surface area contributed by atoms with Gasteiger partial charge < -0.3 is 21.1 Å². The first-order chi connectivity index (χ1) is 14.6. The summed E-state index contributed by atoms with van der Waals surface area (Å²) in [5.74, 6) is 0.430. The van der Waals surface area contributed by atoms with Crippen LogP contribution >= 0.6 is 0 Å². The Hall–Kier alpha value is -3.71. The van der Waals surface area contributed by atoms with E-state index < -0.39 is 6.04 Å². The van der Waals surface area contributed by atoms with Crippen LogP contribution in [0.5, 0.6) is 5.75 Å². The third kappa shape index (κ3) is 4.47. The number of benzene rings is 2. The van der Waals surface area contributed by atoms with Crippen LogP contribution in [0, 0.1) is 0 Å². The van der Waals surface area contributed by atoms with Gasteiger partial charge in [-0.15, -0.1) is 0 Å². The quantitative estimate of drug-likeness (QED) is 0.588. The van der Waals surface area contributed by atoms with Gasteiger partial charge in [0.15, 0.2) is 0 Å². The number of nitrogens with zero attached hydrogens (tertiary/aromatic N) is 1. The second-order valence-corrected chi connectivity index (χ2v) is 7.09. The lowest BCUT2D eigenvalue weighted by Crippen LogP contribution is -2.31. The molecule has 152 valence electrons. The average Bonchev–Trinajstić information content (AvgIpc) is 3.17. The first-order valence-electron chi connectivity index (χ1n) is 9.68. The van der Waals surface area contributed by atoms with Crippen LogP contribution in [0.25, 0.3) is 0 Å². The van der Waals surface area contributed by atoms with Crippen LogP contribution in [0.15, 0.2) is 73.1 Å². The van der Waals surface area contributed by atoms with Gasteiger partial charge in [0.2, 0.25) is 5.91 Å². The van der Waals surface area contributed by atoms with Gasteiger partial charge in [-0.05, 0) is 35.9 Å². The molecule has 30 heavy (non-hydrogen) atoms. The zero-order valence-corrected chi connectivity index (χ0v) is 16.2. The molecule has 7 heteroatoms. The van der Waals surface area contributed by atoms with Crippen LogP contribution < -0.4 is 21.1 Å². The summed E-state index contributed by atoms with van der Waals surface area (Å²) in [6, 6.07) is 17.4. The van der Waals surface area contributed by atoms with Gasteiger partial charge >= 0.3 is 0 Å². The Kier molecular flexibility index (Phi) is 5.72. The molecule has 3 aromatic rings. The Balaban J connectivity index is 1.33. The maximum atomic E-state index is 12.5. The second-order valence-electron chi connectivity index (χ2n) is 7.09. The summed E-state index contributed by atoms with van der Waals surface area (Å²) in [5.41, 5.74) is 9.15. The zero-order chi connectivity index (χ0) is 20.9. The number of nitrogens with two attached hydrogens (primary N) is 1. The standard InChI is InChI=1S/C23H22N4O3/c24-19(13-22(28)27-20-14-30-21-4-2-1-3-18(20)21)15-5-7-16(8-6-15)23(29)26-17-9-11-25-12-10-17/h1-12,19-20H,13-14,24H2,(H,27,28)(H,25,26,29)/t19-,20?/m1/s1. The fourth-order valence-corrected chi connectivity index (χ4v) is 3.37. The fourth-order valence-electron chi connectivity index (χ4n) is 3.37. The fraction of sp³-hybridized carbons (Fsp3) is 0.174. The molecule has 1 aliphatic heterocycles. The minimum absolute atomic E-state index is 0.140. The second kappa shape index (κ2) is 8.75. The van der Waals surface area contributed by atoms with Crippen molar-refractivity contribution >= 4 is 17.5 Å². The van der Waals surface area contributed by atoms with Gasteiger partial charge in [-0.2, -0.15) is 0 Å². The van der Waals surface area contributed by atoms with Crippen LogP contribution in [0.4, 0.5) is 5.69 Å². The van der Waals surface area contributed by atoms with E-state index in [1.54, 1.807) is 48.8 Å². The molecule has 0 bridgehead atoms. The number of aromatic nitrogens is 1. The molecular weight excluding hydrogens is 380 g/mol. The normalized spacial score (nSPS) is 15.6. The number of nitrogens with one attached hydrogen (secondary N) is 2. The number of pyridine rings is 1. The highest BCUT2D eigenvalue weighted by molar-refractivity contribution is 6.04. The van der Waals surface area contributed by atoms with Crippen molar-refractivity contribution in [1.29, 1.82) is 0 Å². The minimum Gasteiger partial charge on any atom is -0.491 e. The third-order valence-electron chi connectivity index (χ3n) is 4.98. The smallest absolute Gasteiger partial charge is 0.255 e. The number of anilines is 1. The van der Waals surface area contributed by atoms with Gasteiger partial charge in [-0.1, -0.05) is 30.3 Å². The highest BCUT2D eigenvalue weighted by atomic mass is 16.5. The Labute approximate surface area is 174 Å². The summed E-state index contributed by atoms with van der Waals surface area (Å²) >= 11 is 0.